The molecule has 0 spiro atoms. The fraction of sp³-hybridized carbons (Fsp3) is 0.667. The van der Waals surface area contributed by atoms with Crippen molar-refractivity contribution in [1.29, 1.82) is 0 Å². The molecule has 0 unspecified atom stereocenters. The molecule has 1 saturated carbocycles. The van der Waals surface area contributed by atoms with Gasteiger partial charge in [0.25, 0.3) is 0 Å². The summed E-state index contributed by atoms with van der Waals surface area (Å²) in [4.78, 5) is 14.2. The molecule has 1 aliphatic rings. The Kier molecular flexibility index (Phi) is 5.32. The molecular formula is C15H24N4O. The number of hydrogen-bond donors (Lipinski definition) is 1. The van der Waals surface area contributed by atoms with E-state index in [4.69, 9.17) is 0 Å². The molecule has 1 fully saturated rings. The molecule has 1 aliphatic carbocycles. The van der Waals surface area contributed by atoms with Gasteiger partial charge in [0.2, 0.25) is 5.91 Å². The average Bonchev–Trinajstić information content (AvgIpc) is 2.51. The predicted molar refractivity (Wildman–Crippen MR) is 80.8 cm³/mol. The highest BCUT2D eigenvalue weighted by Crippen LogP contribution is 2.24. The Morgan fingerprint density at radius 1 is 1.20 bits per heavy atom. The lowest BCUT2D eigenvalue weighted by Crippen LogP contribution is -2.26. The SMILES string of the molecule is CCN(CC)c1ccc(NC(=O)C2CCCCC2)nn1. The predicted octanol–water partition coefficient (Wildman–Crippen LogP) is 2.84. The monoisotopic (exact) mass is 276 g/mol. The number of aromatic nitrogens is 2. The lowest BCUT2D eigenvalue weighted by Gasteiger charge is -2.21. The Morgan fingerprint density at radius 2 is 1.90 bits per heavy atom. The molecule has 5 nitrogen and oxygen atoms in total. The smallest absolute Gasteiger partial charge is 0.228 e. The van der Waals surface area contributed by atoms with Crippen molar-refractivity contribution in [3.05, 3.63) is 12.1 Å². The van der Waals surface area contributed by atoms with Crippen LogP contribution in [0.5, 0.6) is 0 Å². The second-order valence-electron chi connectivity index (χ2n) is 5.27. The Bertz CT molecular complexity index is 422. The van der Waals surface area contributed by atoms with Crippen LogP contribution >= 0.6 is 0 Å². The number of amides is 1. The van der Waals surface area contributed by atoms with Crippen molar-refractivity contribution in [1.82, 2.24) is 10.2 Å². The summed E-state index contributed by atoms with van der Waals surface area (Å²) in [6.07, 6.45) is 5.56. The van der Waals surface area contributed by atoms with Crippen molar-refractivity contribution in [3.8, 4) is 0 Å². The molecule has 0 aromatic carbocycles. The summed E-state index contributed by atoms with van der Waals surface area (Å²) in [6.45, 7) is 5.98. The summed E-state index contributed by atoms with van der Waals surface area (Å²) < 4.78 is 0. The van der Waals surface area contributed by atoms with Gasteiger partial charge < -0.3 is 10.2 Å². The van der Waals surface area contributed by atoms with Gasteiger partial charge >= 0.3 is 0 Å². The fourth-order valence-corrected chi connectivity index (χ4v) is 2.70. The summed E-state index contributed by atoms with van der Waals surface area (Å²) in [5.41, 5.74) is 0. The minimum atomic E-state index is 0.0922. The zero-order chi connectivity index (χ0) is 14.4. The number of rotatable bonds is 5. The fourth-order valence-electron chi connectivity index (χ4n) is 2.70. The van der Waals surface area contributed by atoms with E-state index in [1.54, 1.807) is 0 Å². The van der Waals surface area contributed by atoms with E-state index >= 15 is 0 Å². The Morgan fingerprint density at radius 3 is 2.45 bits per heavy atom. The number of carbonyl (C=O) groups is 1. The van der Waals surface area contributed by atoms with Crippen molar-refractivity contribution in [3.63, 3.8) is 0 Å². The molecule has 1 aromatic rings. The standard InChI is InChI=1S/C15H24N4O/c1-3-19(4-2)14-11-10-13(17-18-14)16-15(20)12-8-6-5-7-9-12/h10-12H,3-9H2,1-2H3,(H,16,17,20). The topological polar surface area (TPSA) is 58.1 Å². The number of hydrogen-bond acceptors (Lipinski definition) is 4. The van der Waals surface area contributed by atoms with Crippen molar-refractivity contribution < 1.29 is 4.79 Å². The van der Waals surface area contributed by atoms with Gasteiger partial charge in [0.15, 0.2) is 11.6 Å². The van der Waals surface area contributed by atoms with Gasteiger partial charge in [-0.05, 0) is 38.8 Å². The lowest BCUT2D eigenvalue weighted by atomic mass is 9.89. The summed E-state index contributed by atoms with van der Waals surface area (Å²) in [5, 5.41) is 11.2. The van der Waals surface area contributed by atoms with E-state index in [-0.39, 0.29) is 11.8 Å². The molecule has 1 heterocycles. The van der Waals surface area contributed by atoms with Crippen LogP contribution in [0.3, 0.4) is 0 Å². The Labute approximate surface area is 120 Å². The third kappa shape index (κ3) is 3.68. The first-order valence-electron chi connectivity index (χ1n) is 7.64. The maximum atomic E-state index is 12.1. The quantitative estimate of drug-likeness (QED) is 0.898. The molecule has 2 rings (SSSR count). The van der Waals surface area contributed by atoms with Crippen LogP contribution < -0.4 is 10.2 Å². The average molecular weight is 276 g/mol. The van der Waals surface area contributed by atoms with Gasteiger partial charge in [0.05, 0.1) is 0 Å². The molecule has 0 bridgehead atoms. The highest BCUT2D eigenvalue weighted by Gasteiger charge is 2.21. The van der Waals surface area contributed by atoms with Gasteiger partial charge in [0, 0.05) is 19.0 Å². The van der Waals surface area contributed by atoms with Crippen molar-refractivity contribution in [2.24, 2.45) is 5.92 Å². The van der Waals surface area contributed by atoms with Crippen LogP contribution in [0.15, 0.2) is 12.1 Å². The van der Waals surface area contributed by atoms with Gasteiger partial charge in [-0.1, -0.05) is 19.3 Å². The normalized spacial score (nSPS) is 15.9. The van der Waals surface area contributed by atoms with Crippen LogP contribution in [-0.2, 0) is 4.79 Å². The van der Waals surface area contributed by atoms with E-state index in [2.05, 4.69) is 34.3 Å². The summed E-state index contributed by atoms with van der Waals surface area (Å²) in [5.74, 6) is 1.64. The van der Waals surface area contributed by atoms with Crippen molar-refractivity contribution in [2.75, 3.05) is 23.3 Å². The van der Waals surface area contributed by atoms with Crippen LogP contribution in [0.25, 0.3) is 0 Å². The highest BCUT2D eigenvalue weighted by molar-refractivity contribution is 5.91. The Balaban J connectivity index is 1.94. The van der Waals surface area contributed by atoms with Crippen LogP contribution in [0, 0.1) is 5.92 Å². The molecule has 1 aromatic heterocycles. The van der Waals surface area contributed by atoms with E-state index < -0.39 is 0 Å². The van der Waals surface area contributed by atoms with Crippen LogP contribution in [0.1, 0.15) is 46.0 Å². The first-order valence-corrected chi connectivity index (χ1v) is 7.64. The van der Waals surface area contributed by atoms with Gasteiger partial charge in [-0.25, -0.2) is 0 Å². The van der Waals surface area contributed by atoms with Crippen LogP contribution in [0.4, 0.5) is 11.6 Å². The molecular weight excluding hydrogens is 252 g/mol. The molecule has 0 aliphatic heterocycles. The first-order chi connectivity index (χ1) is 9.74. The van der Waals surface area contributed by atoms with E-state index in [1.165, 1.54) is 6.42 Å². The summed E-state index contributed by atoms with van der Waals surface area (Å²) >= 11 is 0. The van der Waals surface area contributed by atoms with Gasteiger partial charge in [-0.15, -0.1) is 10.2 Å². The molecule has 1 amide bonds. The second kappa shape index (κ2) is 7.22. The molecule has 110 valence electrons. The molecule has 0 saturated heterocycles. The minimum absolute atomic E-state index is 0.0922. The van der Waals surface area contributed by atoms with Gasteiger partial charge in [-0.2, -0.15) is 0 Å². The zero-order valence-electron chi connectivity index (χ0n) is 12.4. The lowest BCUT2D eigenvalue weighted by molar-refractivity contribution is -0.120. The largest absolute Gasteiger partial charge is 0.356 e. The summed E-state index contributed by atoms with van der Waals surface area (Å²) in [6, 6.07) is 3.75. The van der Waals surface area contributed by atoms with Crippen molar-refractivity contribution >= 4 is 17.5 Å². The third-order valence-electron chi connectivity index (χ3n) is 3.97. The number of anilines is 2. The molecule has 1 N–H and O–H groups in total. The third-order valence-corrected chi connectivity index (χ3v) is 3.97. The molecule has 0 atom stereocenters. The van der Waals surface area contributed by atoms with Crippen LogP contribution in [-0.4, -0.2) is 29.2 Å². The Hall–Kier alpha value is -1.65. The van der Waals surface area contributed by atoms with Crippen LogP contribution in [0.2, 0.25) is 0 Å². The maximum Gasteiger partial charge on any atom is 0.228 e. The molecule has 5 heteroatoms. The minimum Gasteiger partial charge on any atom is -0.356 e. The number of nitrogens with zero attached hydrogens (tertiary/aromatic N) is 3. The van der Waals surface area contributed by atoms with E-state index in [1.807, 2.05) is 12.1 Å². The van der Waals surface area contributed by atoms with Gasteiger partial charge in [0.1, 0.15) is 0 Å². The number of carbonyl (C=O) groups excluding carboxylic acids is 1. The molecule has 0 radical (unpaired) electrons. The van der Waals surface area contributed by atoms with E-state index in [0.29, 0.717) is 5.82 Å². The van der Waals surface area contributed by atoms with Crippen molar-refractivity contribution in [2.45, 2.75) is 46.0 Å². The van der Waals surface area contributed by atoms with Gasteiger partial charge in [-0.3, -0.25) is 4.79 Å². The zero-order valence-corrected chi connectivity index (χ0v) is 12.4. The summed E-state index contributed by atoms with van der Waals surface area (Å²) in [7, 11) is 0. The number of nitrogens with one attached hydrogen (secondary N) is 1. The van der Waals surface area contributed by atoms with E-state index in [9.17, 15) is 4.79 Å². The van der Waals surface area contributed by atoms with E-state index in [0.717, 1.165) is 44.6 Å². The first kappa shape index (κ1) is 14.8. The highest BCUT2D eigenvalue weighted by atomic mass is 16.1. The molecule has 20 heavy (non-hydrogen) atoms. The second-order valence-corrected chi connectivity index (χ2v) is 5.27. The maximum absolute atomic E-state index is 12.1.